The highest BCUT2D eigenvalue weighted by atomic mass is 14.7. The van der Waals surface area contributed by atoms with Gasteiger partial charge < -0.3 is 0 Å². The van der Waals surface area contributed by atoms with Crippen molar-refractivity contribution >= 4 is 10.9 Å². The average Bonchev–Trinajstić information content (AvgIpc) is 2.61. The summed E-state index contributed by atoms with van der Waals surface area (Å²) < 4.78 is 0. The molecule has 0 spiro atoms. The van der Waals surface area contributed by atoms with Crippen molar-refractivity contribution in [1.29, 1.82) is 0 Å². The Morgan fingerprint density at radius 2 is 1.12 bits per heavy atom. The van der Waals surface area contributed by atoms with E-state index in [0.717, 1.165) is 11.2 Å². The molecule has 0 aliphatic heterocycles. The number of aromatic nitrogens is 1. The lowest BCUT2D eigenvalue weighted by Crippen LogP contribution is -1.98. The highest BCUT2D eigenvalue weighted by Crippen LogP contribution is 2.39. The lowest BCUT2D eigenvalue weighted by atomic mass is 9.89. The van der Waals surface area contributed by atoms with E-state index in [-0.39, 0.29) is 0 Å². The van der Waals surface area contributed by atoms with E-state index in [9.17, 15) is 0 Å². The number of fused-ring (bicyclic) bond motifs is 1. The molecule has 3 aromatic carbocycles. The number of aryl methyl sites for hydroxylation is 4. The van der Waals surface area contributed by atoms with E-state index >= 15 is 0 Å². The predicted octanol–water partition coefficient (Wildman–Crippen LogP) is 6.80. The summed E-state index contributed by atoms with van der Waals surface area (Å²) in [6.45, 7) is 8.72. The second kappa shape index (κ2) is 6.42. The molecule has 0 N–H and O–H groups in total. The number of pyridine rings is 1. The topological polar surface area (TPSA) is 12.9 Å². The van der Waals surface area contributed by atoms with Crippen molar-refractivity contribution < 1.29 is 0 Å². The highest BCUT2D eigenvalue weighted by molar-refractivity contribution is 5.94. The van der Waals surface area contributed by atoms with E-state index < -0.39 is 0 Å². The minimum Gasteiger partial charge on any atom is -0.247 e. The number of rotatable bonds is 2. The molecule has 4 aromatic rings. The van der Waals surface area contributed by atoms with Crippen LogP contribution in [0.25, 0.3) is 33.3 Å². The summed E-state index contributed by atoms with van der Waals surface area (Å²) in [6, 6.07) is 23.7. The lowest BCUT2D eigenvalue weighted by molar-refractivity contribution is 1.30. The van der Waals surface area contributed by atoms with Gasteiger partial charge in [0.25, 0.3) is 0 Å². The van der Waals surface area contributed by atoms with Crippen LogP contribution < -0.4 is 0 Å². The molecular weight excluding hydrogens is 314 g/mol. The second-order valence-corrected chi connectivity index (χ2v) is 7.11. The van der Waals surface area contributed by atoms with Crippen molar-refractivity contribution in [2.75, 3.05) is 0 Å². The SMILES string of the molecule is Cc1cccc(C)c1-c1cc2ccccc2nc1-c1c(C)cccc1C. The molecule has 0 radical (unpaired) electrons. The molecule has 1 heteroatoms. The Morgan fingerprint density at radius 1 is 0.577 bits per heavy atom. The standard InChI is InChI=1S/C25H23N/c1-16-9-7-10-17(2)23(16)21-15-20-13-5-6-14-22(20)26-25(21)24-18(3)11-8-12-19(24)4/h5-15H,1-4H3. The molecule has 0 atom stereocenters. The predicted molar refractivity (Wildman–Crippen MR) is 112 cm³/mol. The van der Waals surface area contributed by atoms with Crippen LogP contribution in [0, 0.1) is 27.7 Å². The van der Waals surface area contributed by atoms with Gasteiger partial charge in [-0.1, -0.05) is 54.6 Å². The smallest absolute Gasteiger partial charge is 0.0793 e. The molecule has 1 heterocycles. The van der Waals surface area contributed by atoms with Crippen LogP contribution in [0.3, 0.4) is 0 Å². The first-order valence-corrected chi connectivity index (χ1v) is 9.09. The monoisotopic (exact) mass is 337 g/mol. The second-order valence-electron chi connectivity index (χ2n) is 7.11. The molecule has 0 bridgehead atoms. The third kappa shape index (κ3) is 2.70. The third-order valence-electron chi connectivity index (χ3n) is 5.19. The largest absolute Gasteiger partial charge is 0.247 e. The summed E-state index contributed by atoms with van der Waals surface area (Å²) in [5.41, 5.74) is 11.0. The Hall–Kier alpha value is -2.93. The molecule has 4 rings (SSSR count). The quantitative estimate of drug-likeness (QED) is 0.392. The van der Waals surface area contributed by atoms with E-state index in [1.807, 2.05) is 0 Å². The van der Waals surface area contributed by atoms with Crippen LogP contribution in [0.1, 0.15) is 22.3 Å². The Morgan fingerprint density at radius 3 is 1.73 bits per heavy atom. The van der Waals surface area contributed by atoms with E-state index in [0.29, 0.717) is 0 Å². The molecule has 0 unspecified atom stereocenters. The molecule has 0 fully saturated rings. The maximum absolute atomic E-state index is 5.13. The Balaban J connectivity index is 2.15. The Kier molecular flexibility index (Phi) is 4.08. The van der Waals surface area contributed by atoms with Crippen LogP contribution in [0.2, 0.25) is 0 Å². The van der Waals surface area contributed by atoms with Crippen molar-refractivity contribution in [2.24, 2.45) is 0 Å². The molecule has 128 valence electrons. The molecule has 0 aliphatic carbocycles. The minimum absolute atomic E-state index is 1.04. The van der Waals surface area contributed by atoms with E-state index in [1.54, 1.807) is 0 Å². The van der Waals surface area contributed by atoms with Gasteiger partial charge in [0.1, 0.15) is 0 Å². The van der Waals surface area contributed by atoms with Crippen molar-refractivity contribution in [2.45, 2.75) is 27.7 Å². The maximum atomic E-state index is 5.13. The maximum Gasteiger partial charge on any atom is 0.0793 e. The summed E-state index contributed by atoms with van der Waals surface area (Å²) in [5, 5.41) is 1.18. The fraction of sp³-hybridized carbons (Fsp3) is 0.160. The minimum atomic E-state index is 1.04. The zero-order chi connectivity index (χ0) is 18.3. The molecule has 0 saturated heterocycles. The van der Waals surface area contributed by atoms with Crippen LogP contribution in [-0.2, 0) is 0 Å². The van der Waals surface area contributed by atoms with Gasteiger partial charge in [0.2, 0.25) is 0 Å². The summed E-state index contributed by atoms with van der Waals surface area (Å²) in [4.78, 5) is 5.13. The summed E-state index contributed by atoms with van der Waals surface area (Å²) in [6.07, 6.45) is 0. The van der Waals surface area contributed by atoms with Crippen LogP contribution in [0.4, 0.5) is 0 Å². The molecule has 26 heavy (non-hydrogen) atoms. The number of nitrogens with zero attached hydrogens (tertiary/aromatic N) is 1. The van der Waals surface area contributed by atoms with Gasteiger partial charge in [0.15, 0.2) is 0 Å². The summed E-state index contributed by atoms with van der Waals surface area (Å²) in [7, 11) is 0. The van der Waals surface area contributed by atoms with Crippen LogP contribution in [-0.4, -0.2) is 4.98 Å². The molecule has 0 saturated carbocycles. The number of hydrogen-bond acceptors (Lipinski definition) is 1. The first-order chi connectivity index (χ1) is 12.6. The lowest BCUT2D eigenvalue weighted by Gasteiger charge is -2.18. The van der Waals surface area contributed by atoms with Crippen molar-refractivity contribution in [3.8, 4) is 22.4 Å². The van der Waals surface area contributed by atoms with Crippen molar-refractivity contribution in [1.82, 2.24) is 4.98 Å². The number of benzene rings is 3. The molecule has 0 aliphatic rings. The van der Waals surface area contributed by atoms with Gasteiger partial charge >= 0.3 is 0 Å². The van der Waals surface area contributed by atoms with Crippen molar-refractivity contribution in [3.05, 3.63) is 89.0 Å². The first kappa shape index (κ1) is 16.5. The van der Waals surface area contributed by atoms with E-state index in [1.165, 1.54) is 44.3 Å². The fourth-order valence-corrected chi connectivity index (χ4v) is 3.92. The van der Waals surface area contributed by atoms with E-state index in [2.05, 4.69) is 94.4 Å². The average molecular weight is 337 g/mol. The van der Waals surface area contributed by atoms with Crippen LogP contribution >= 0.6 is 0 Å². The van der Waals surface area contributed by atoms with Crippen LogP contribution in [0.15, 0.2) is 66.7 Å². The van der Waals surface area contributed by atoms with Gasteiger partial charge in [-0.2, -0.15) is 0 Å². The van der Waals surface area contributed by atoms with Gasteiger partial charge in [-0.05, 0) is 67.6 Å². The van der Waals surface area contributed by atoms with Crippen molar-refractivity contribution in [3.63, 3.8) is 0 Å². The number of para-hydroxylation sites is 1. The van der Waals surface area contributed by atoms with E-state index in [4.69, 9.17) is 4.98 Å². The van der Waals surface area contributed by atoms with Gasteiger partial charge in [0.05, 0.1) is 11.2 Å². The molecule has 0 amide bonds. The van der Waals surface area contributed by atoms with Gasteiger partial charge in [-0.3, -0.25) is 0 Å². The molecule has 1 nitrogen and oxygen atoms in total. The van der Waals surface area contributed by atoms with Crippen LogP contribution in [0.5, 0.6) is 0 Å². The Bertz CT molecular complexity index is 992. The molecule has 1 aromatic heterocycles. The first-order valence-electron chi connectivity index (χ1n) is 9.09. The number of hydrogen-bond donors (Lipinski definition) is 0. The molecular formula is C25H23N. The fourth-order valence-electron chi connectivity index (χ4n) is 3.92. The summed E-state index contributed by atoms with van der Waals surface area (Å²) in [5.74, 6) is 0. The van der Waals surface area contributed by atoms with Gasteiger partial charge in [0, 0.05) is 16.5 Å². The van der Waals surface area contributed by atoms with Gasteiger partial charge in [-0.15, -0.1) is 0 Å². The highest BCUT2D eigenvalue weighted by Gasteiger charge is 2.17. The Labute approximate surface area is 155 Å². The normalized spacial score (nSPS) is 11.1. The van der Waals surface area contributed by atoms with Gasteiger partial charge in [-0.25, -0.2) is 4.98 Å². The summed E-state index contributed by atoms with van der Waals surface area (Å²) >= 11 is 0. The zero-order valence-electron chi connectivity index (χ0n) is 15.8. The zero-order valence-corrected chi connectivity index (χ0v) is 15.8. The third-order valence-corrected chi connectivity index (χ3v) is 5.19.